The van der Waals surface area contributed by atoms with Gasteiger partial charge in [-0.3, -0.25) is 9.59 Å². The van der Waals surface area contributed by atoms with Gasteiger partial charge in [-0.05, 0) is 5.56 Å². The van der Waals surface area contributed by atoms with E-state index in [4.69, 9.17) is 9.47 Å². The number of hydrogen-bond donors (Lipinski definition) is 0. The molecule has 0 amide bonds. The molecule has 1 aromatic carbocycles. The summed E-state index contributed by atoms with van der Waals surface area (Å²) in [7, 11) is 1.86. The van der Waals surface area contributed by atoms with Crippen LogP contribution in [0.3, 0.4) is 0 Å². The maximum atomic E-state index is 11.1. The van der Waals surface area contributed by atoms with Gasteiger partial charge >= 0.3 is 11.9 Å². The number of benzene rings is 1. The maximum absolute atomic E-state index is 11.1. The van der Waals surface area contributed by atoms with Crippen LogP contribution in [0.5, 0.6) is 0 Å². The lowest BCUT2D eigenvalue weighted by Crippen LogP contribution is -2.08. The zero-order valence-corrected chi connectivity index (χ0v) is 13.5. The molecular formula is C17H20N2O4. The molecule has 23 heavy (non-hydrogen) atoms. The minimum absolute atomic E-state index is 0.0640. The number of carbonyl (C=O) groups excluding carboxylic acids is 2. The second-order valence-electron chi connectivity index (χ2n) is 5.20. The van der Waals surface area contributed by atoms with Gasteiger partial charge in [-0.1, -0.05) is 30.3 Å². The van der Waals surface area contributed by atoms with Crippen molar-refractivity contribution in [3.63, 3.8) is 0 Å². The minimum Gasteiger partial charge on any atom is -0.459 e. The molecule has 0 aliphatic rings. The van der Waals surface area contributed by atoms with Crippen molar-refractivity contribution in [2.24, 2.45) is 7.05 Å². The van der Waals surface area contributed by atoms with Crippen LogP contribution in [-0.2, 0) is 45.7 Å². The average molecular weight is 316 g/mol. The van der Waals surface area contributed by atoms with Crippen molar-refractivity contribution in [2.45, 2.75) is 33.5 Å². The second-order valence-corrected chi connectivity index (χ2v) is 5.20. The number of carbonyl (C=O) groups is 2. The third-order valence-electron chi connectivity index (χ3n) is 3.42. The van der Waals surface area contributed by atoms with Crippen LogP contribution >= 0.6 is 0 Å². The summed E-state index contributed by atoms with van der Waals surface area (Å²) in [4.78, 5) is 26.7. The Morgan fingerprint density at radius 2 is 1.65 bits per heavy atom. The summed E-state index contributed by atoms with van der Waals surface area (Å²) in [5.41, 5.74) is 2.46. The summed E-state index contributed by atoms with van der Waals surface area (Å²) in [5.74, 6) is 0.0773. The lowest BCUT2D eigenvalue weighted by atomic mass is 10.1. The number of hydrogen-bond acceptors (Lipinski definition) is 5. The topological polar surface area (TPSA) is 70.4 Å². The van der Waals surface area contributed by atoms with Gasteiger partial charge in [0.25, 0.3) is 0 Å². The molecule has 0 unspecified atom stereocenters. The van der Waals surface area contributed by atoms with Gasteiger partial charge in [-0.15, -0.1) is 0 Å². The Balaban J connectivity index is 2.26. The monoisotopic (exact) mass is 316 g/mol. The molecule has 0 atom stereocenters. The van der Waals surface area contributed by atoms with Gasteiger partial charge in [0.15, 0.2) is 0 Å². The SMILES string of the molecule is CC(=O)OCc1nc(Cc2ccccc2)n(C)c1COC(C)=O. The highest BCUT2D eigenvalue weighted by molar-refractivity contribution is 5.66. The third-order valence-corrected chi connectivity index (χ3v) is 3.42. The molecular weight excluding hydrogens is 296 g/mol. The molecule has 1 heterocycles. The molecule has 6 heteroatoms. The number of rotatable bonds is 6. The summed E-state index contributed by atoms with van der Waals surface area (Å²) in [5, 5.41) is 0. The van der Waals surface area contributed by atoms with Crippen LogP contribution in [0.4, 0.5) is 0 Å². The smallest absolute Gasteiger partial charge is 0.303 e. The summed E-state index contributed by atoms with van der Waals surface area (Å²) < 4.78 is 12.0. The molecule has 0 N–H and O–H groups in total. The van der Waals surface area contributed by atoms with E-state index < -0.39 is 0 Å². The van der Waals surface area contributed by atoms with E-state index in [1.54, 1.807) is 0 Å². The molecule has 2 rings (SSSR count). The molecule has 0 spiro atoms. The highest BCUT2D eigenvalue weighted by Gasteiger charge is 2.17. The van der Waals surface area contributed by atoms with E-state index in [1.807, 2.05) is 41.9 Å². The fourth-order valence-electron chi connectivity index (χ4n) is 2.22. The third kappa shape index (κ3) is 4.67. The van der Waals surface area contributed by atoms with E-state index in [-0.39, 0.29) is 25.2 Å². The zero-order chi connectivity index (χ0) is 16.8. The fraction of sp³-hybridized carbons (Fsp3) is 0.353. The van der Waals surface area contributed by atoms with Crippen LogP contribution < -0.4 is 0 Å². The normalized spacial score (nSPS) is 10.4. The molecule has 6 nitrogen and oxygen atoms in total. The van der Waals surface area contributed by atoms with Crippen molar-refractivity contribution < 1.29 is 19.1 Å². The Labute approximate surface area is 135 Å². The number of aromatic nitrogens is 2. The first kappa shape index (κ1) is 16.7. The molecule has 0 aliphatic carbocycles. The number of nitrogens with zero attached hydrogens (tertiary/aromatic N) is 2. The molecule has 0 saturated heterocycles. The van der Waals surface area contributed by atoms with Crippen LogP contribution in [-0.4, -0.2) is 21.5 Å². The molecule has 2 aromatic rings. The molecule has 0 fully saturated rings. The number of esters is 2. The molecule has 0 saturated carbocycles. The van der Waals surface area contributed by atoms with Crippen molar-refractivity contribution in [1.29, 1.82) is 0 Å². The fourth-order valence-corrected chi connectivity index (χ4v) is 2.22. The Bertz CT molecular complexity index is 692. The van der Waals surface area contributed by atoms with Gasteiger partial charge in [0, 0.05) is 27.3 Å². The van der Waals surface area contributed by atoms with E-state index in [2.05, 4.69) is 4.98 Å². The zero-order valence-electron chi connectivity index (χ0n) is 13.5. The van der Waals surface area contributed by atoms with Gasteiger partial charge in [-0.25, -0.2) is 4.98 Å². The molecule has 0 aliphatic heterocycles. The van der Waals surface area contributed by atoms with Crippen LogP contribution in [0, 0.1) is 0 Å². The van der Waals surface area contributed by atoms with Crippen molar-refractivity contribution in [3.8, 4) is 0 Å². The Morgan fingerprint density at radius 1 is 1.04 bits per heavy atom. The van der Waals surface area contributed by atoms with Crippen molar-refractivity contribution >= 4 is 11.9 Å². The van der Waals surface area contributed by atoms with Gasteiger partial charge < -0.3 is 14.0 Å². The lowest BCUT2D eigenvalue weighted by Gasteiger charge is -2.08. The number of imidazole rings is 1. The molecule has 122 valence electrons. The van der Waals surface area contributed by atoms with E-state index in [0.29, 0.717) is 12.1 Å². The summed E-state index contributed by atoms with van der Waals surface area (Å²) in [6.45, 7) is 2.87. The first-order valence-corrected chi connectivity index (χ1v) is 7.31. The Kier molecular flexibility index (Phi) is 5.51. The maximum Gasteiger partial charge on any atom is 0.303 e. The van der Waals surface area contributed by atoms with Crippen LogP contribution in [0.2, 0.25) is 0 Å². The Hall–Kier alpha value is -2.63. The van der Waals surface area contributed by atoms with Crippen LogP contribution in [0.15, 0.2) is 30.3 Å². The van der Waals surface area contributed by atoms with Gasteiger partial charge in [-0.2, -0.15) is 0 Å². The molecule has 0 bridgehead atoms. The van der Waals surface area contributed by atoms with E-state index >= 15 is 0 Å². The first-order chi connectivity index (χ1) is 11.0. The van der Waals surface area contributed by atoms with Gasteiger partial charge in [0.1, 0.15) is 24.7 Å². The second kappa shape index (κ2) is 7.58. The summed E-state index contributed by atoms with van der Waals surface area (Å²) in [6.07, 6.45) is 0.643. The van der Waals surface area contributed by atoms with Crippen molar-refractivity contribution in [3.05, 3.63) is 53.1 Å². The van der Waals surface area contributed by atoms with Crippen molar-refractivity contribution in [2.75, 3.05) is 0 Å². The van der Waals surface area contributed by atoms with Gasteiger partial charge in [0.2, 0.25) is 0 Å². The summed E-state index contributed by atoms with van der Waals surface area (Å²) in [6, 6.07) is 9.94. The summed E-state index contributed by atoms with van der Waals surface area (Å²) >= 11 is 0. The quantitative estimate of drug-likeness (QED) is 0.764. The molecule has 1 aromatic heterocycles. The minimum atomic E-state index is -0.376. The van der Waals surface area contributed by atoms with Crippen LogP contribution in [0.1, 0.15) is 36.6 Å². The Morgan fingerprint density at radius 3 is 2.26 bits per heavy atom. The first-order valence-electron chi connectivity index (χ1n) is 7.31. The average Bonchev–Trinajstić information content (AvgIpc) is 2.80. The predicted octanol–water partition coefficient (Wildman–Crippen LogP) is 2.14. The highest BCUT2D eigenvalue weighted by atomic mass is 16.5. The highest BCUT2D eigenvalue weighted by Crippen LogP contribution is 2.16. The van der Waals surface area contributed by atoms with Gasteiger partial charge in [0.05, 0.1) is 5.69 Å². The van der Waals surface area contributed by atoms with E-state index in [1.165, 1.54) is 13.8 Å². The molecule has 0 radical (unpaired) electrons. The van der Waals surface area contributed by atoms with E-state index in [9.17, 15) is 9.59 Å². The van der Waals surface area contributed by atoms with E-state index in [0.717, 1.165) is 17.1 Å². The standard InChI is InChI=1S/C17H20N2O4/c1-12(20)22-10-15-16(11-23-13(2)21)19(3)17(18-15)9-14-7-5-4-6-8-14/h4-8H,9-11H2,1-3H3. The largest absolute Gasteiger partial charge is 0.459 e. The van der Waals surface area contributed by atoms with Crippen LogP contribution in [0.25, 0.3) is 0 Å². The number of ether oxygens (including phenoxy) is 2. The predicted molar refractivity (Wildman–Crippen MR) is 83.4 cm³/mol. The van der Waals surface area contributed by atoms with Crippen molar-refractivity contribution in [1.82, 2.24) is 9.55 Å². The lowest BCUT2D eigenvalue weighted by molar-refractivity contribution is -0.144.